The van der Waals surface area contributed by atoms with E-state index >= 15 is 0 Å². The summed E-state index contributed by atoms with van der Waals surface area (Å²) in [4.78, 5) is 20.5. The molecule has 0 aliphatic heterocycles. The Morgan fingerprint density at radius 1 is 1.27 bits per heavy atom. The molecule has 0 saturated carbocycles. The average Bonchev–Trinajstić information content (AvgIpc) is 3.02. The van der Waals surface area contributed by atoms with Gasteiger partial charge in [-0.15, -0.1) is 5.10 Å². The van der Waals surface area contributed by atoms with Gasteiger partial charge >= 0.3 is 6.09 Å². The molecule has 2 aromatic heterocycles. The van der Waals surface area contributed by atoms with E-state index < -0.39 is 23.7 Å². The first-order chi connectivity index (χ1) is 15.4. The predicted octanol–water partition coefficient (Wildman–Crippen LogP) is 6.49. The molecule has 8 nitrogen and oxygen atoms in total. The molecule has 0 amide bonds. The van der Waals surface area contributed by atoms with Crippen molar-refractivity contribution < 1.29 is 23.0 Å². The zero-order valence-corrected chi connectivity index (χ0v) is 19.4. The molecule has 0 aliphatic carbocycles. The molecule has 33 heavy (non-hydrogen) atoms. The lowest BCUT2D eigenvalue weighted by Crippen LogP contribution is -2.28. The first-order valence-corrected chi connectivity index (χ1v) is 10.2. The summed E-state index contributed by atoms with van der Waals surface area (Å²) in [6, 6.07) is 4.27. The molecule has 0 saturated heterocycles. The monoisotopic (exact) mass is 495 g/mol. The van der Waals surface area contributed by atoms with Gasteiger partial charge in [-0.2, -0.15) is 19.9 Å². The van der Waals surface area contributed by atoms with E-state index in [4.69, 9.17) is 37.9 Å². The van der Waals surface area contributed by atoms with Gasteiger partial charge in [0.05, 0.1) is 22.3 Å². The van der Waals surface area contributed by atoms with E-state index in [1.165, 1.54) is 19.1 Å². The molecule has 0 spiro atoms. The van der Waals surface area contributed by atoms with Crippen molar-refractivity contribution in [2.45, 2.75) is 39.7 Å². The predicted molar refractivity (Wildman–Crippen MR) is 118 cm³/mol. The van der Waals surface area contributed by atoms with Gasteiger partial charge in [0.15, 0.2) is 11.4 Å². The van der Waals surface area contributed by atoms with Crippen LogP contribution >= 0.6 is 23.2 Å². The number of hydrogen-bond acceptors (Lipinski definition) is 7. The number of aromatic nitrogens is 4. The zero-order valence-electron chi connectivity index (χ0n) is 17.9. The van der Waals surface area contributed by atoms with Crippen LogP contribution in [0.15, 0.2) is 18.2 Å². The van der Waals surface area contributed by atoms with E-state index in [-0.39, 0.29) is 44.2 Å². The molecule has 0 unspecified atom stereocenters. The summed E-state index contributed by atoms with van der Waals surface area (Å²) in [5, 5.41) is 12.5. The maximum Gasteiger partial charge on any atom is 0.435 e. The number of ether oxygens (including phenoxy) is 2. The number of alkyl halides is 2. The molecular formula is C21H17Cl2F2N5O3. The average molecular weight is 496 g/mol. The van der Waals surface area contributed by atoms with Crippen LogP contribution in [0, 0.1) is 18.3 Å². The van der Waals surface area contributed by atoms with Crippen LogP contribution in [-0.4, -0.2) is 31.4 Å². The number of allylic oxidation sites excluding steroid dienone is 1. The number of fused-ring (bicyclic) bond motifs is 1. The lowest BCUT2D eigenvalue weighted by molar-refractivity contribution is 0.0512. The Labute approximate surface area is 197 Å². The number of nitriles is 1. The van der Waals surface area contributed by atoms with Crippen molar-refractivity contribution in [3.8, 4) is 17.7 Å². The Balaban J connectivity index is 2.15. The van der Waals surface area contributed by atoms with Crippen molar-refractivity contribution in [3.63, 3.8) is 0 Å². The number of benzene rings is 1. The van der Waals surface area contributed by atoms with Gasteiger partial charge in [0.25, 0.3) is 6.43 Å². The highest BCUT2D eigenvalue weighted by molar-refractivity contribution is 6.32. The highest BCUT2D eigenvalue weighted by atomic mass is 35.5. The molecule has 0 aliphatic rings. The summed E-state index contributed by atoms with van der Waals surface area (Å²) < 4.78 is 39.5. The second-order valence-corrected chi connectivity index (χ2v) is 8.51. The summed E-state index contributed by atoms with van der Waals surface area (Å²) in [5.74, 6) is -0.581. The van der Waals surface area contributed by atoms with E-state index in [2.05, 4.69) is 15.1 Å². The molecule has 0 radical (unpaired) electrons. The fourth-order valence-electron chi connectivity index (χ4n) is 2.86. The van der Waals surface area contributed by atoms with Crippen molar-refractivity contribution >= 4 is 46.4 Å². The van der Waals surface area contributed by atoms with Crippen LogP contribution in [-0.2, 0) is 4.74 Å². The van der Waals surface area contributed by atoms with Gasteiger partial charge in [-0.25, -0.2) is 13.6 Å². The topological polar surface area (TPSA) is 103 Å². The molecule has 172 valence electrons. The lowest BCUT2D eigenvalue weighted by Gasteiger charge is -2.19. The van der Waals surface area contributed by atoms with Crippen LogP contribution in [0.1, 0.15) is 44.0 Å². The standard InChI is InChI=1S/C21H17Cl2F2N5O3/c1-10-14-17(29-30(10)20(31)33-21(2,3)4)27-19(23)28-18(14)32-15-12(16(24)25)8-11(6-5-7-26)9-13(15)22/h5-6,8-9,16H,1-4H3/b6-5+. The Kier molecular flexibility index (Phi) is 6.86. The number of nitrogens with zero attached hydrogens (tertiary/aromatic N) is 5. The summed E-state index contributed by atoms with van der Waals surface area (Å²) in [5.41, 5.74) is -0.791. The van der Waals surface area contributed by atoms with E-state index in [1.807, 2.05) is 0 Å². The van der Waals surface area contributed by atoms with Crippen molar-refractivity contribution in [2.75, 3.05) is 0 Å². The van der Waals surface area contributed by atoms with Crippen molar-refractivity contribution in [1.82, 2.24) is 19.7 Å². The number of carbonyl (C=O) groups is 1. The van der Waals surface area contributed by atoms with Crippen molar-refractivity contribution in [2.24, 2.45) is 0 Å². The van der Waals surface area contributed by atoms with Gasteiger partial charge in [-0.1, -0.05) is 11.6 Å². The minimum atomic E-state index is -2.95. The third kappa shape index (κ3) is 5.38. The van der Waals surface area contributed by atoms with Crippen LogP contribution in [0.25, 0.3) is 17.1 Å². The minimum absolute atomic E-state index is 0.00310. The van der Waals surface area contributed by atoms with Crippen molar-refractivity contribution in [1.29, 1.82) is 5.26 Å². The third-order valence-corrected chi connectivity index (χ3v) is 4.60. The molecule has 2 heterocycles. The number of rotatable bonds is 4. The summed E-state index contributed by atoms with van der Waals surface area (Å²) in [6.45, 7) is 6.61. The maximum absolute atomic E-state index is 13.8. The van der Waals surface area contributed by atoms with Crippen LogP contribution < -0.4 is 4.74 Å². The normalized spacial score (nSPS) is 11.9. The van der Waals surface area contributed by atoms with E-state index in [1.54, 1.807) is 26.8 Å². The Bertz CT molecular complexity index is 1310. The van der Waals surface area contributed by atoms with Gasteiger partial charge in [0.1, 0.15) is 11.0 Å². The number of hydrogen-bond donors (Lipinski definition) is 0. The van der Waals surface area contributed by atoms with E-state index in [9.17, 15) is 13.6 Å². The van der Waals surface area contributed by atoms with E-state index in [0.717, 1.165) is 16.8 Å². The smallest absolute Gasteiger partial charge is 0.435 e. The third-order valence-electron chi connectivity index (χ3n) is 4.15. The van der Waals surface area contributed by atoms with Crippen LogP contribution in [0.3, 0.4) is 0 Å². The van der Waals surface area contributed by atoms with Crippen molar-refractivity contribution in [3.05, 3.63) is 45.3 Å². The second-order valence-electron chi connectivity index (χ2n) is 7.76. The SMILES string of the molecule is Cc1c2c(Oc3c(Cl)cc(/C=C/C#N)cc3C(F)F)nc(Cl)nc2nn1C(=O)OC(C)(C)C. The molecule has 0 bridgehead atoms. The van der Waals surface area contributed by atoms with Gasteiger partial charge in [-0.3, -0.25) is 0 Å². The largest absolute Gasteiger partial charge is 0.442 e. The molecule has 3 aromatic rings. The Hall–Kier alpha value is -3.29. The molecule has 0 fully saturated rings. The molecular weight excluding hydrogens is 479 g/mol. The van der Waals surface area contributed by atoms with Gasteiger partial charge < -0.3 is 9.47 Å². The molecule has 12 heteroatoms. The molecule has 0 N–H and O–H groups in total. The highest BCUT2D eigenvalue weighted by Crippen LogP contribution is 2.41. The molecule has 1 aromatic carbocycles. The highest BCUT2D eigenvalue weighted by Gasteiger charge is 2.26. The fraction of sp³-hybridized carbons (Fsp3) is 0.286. The molecule has 3 rings (SSSR count). The zero-order chi connectivity index (χ0) is 24.5. The number of halogens is 4. The molecule has 0 atom stereocenters. The Morgan fingerprint density at radius 3 is 2.58 bits per heavy atom. The summed E-state index contributed by atoms with van der Waals surface area (Å²) in [7, 11) is 0. The Morgan fingerprint density at radius 2 is 1.97 bits per heavy atom. The quantitative estimate of drug-likeness (QED) is 0.300. The van der Waals surface area contributed by atoms with Gasteiger partial charge in [0.2, 0.25) is 11.2 Å². The summed E-state index contributed by atoms with van der Waals surface area (Å²) >= 11 is 12.2. The lowest BCUT2D eigenvalue weighted by atomic mass is 10.1. The maximum atomic E-state index is 13.8. The fourth-order valence-corrected chi connectivity index (χ4v) is 3.29. The summed E-state index contributed by atoms with van der Waals surface area (Å²) in [6.07, 6.45) is -1.27. The van der Waals surface area contributed by atoms with Crippen LogP contribution in [0.2, 0.25) is 10.3 Å². The number of aryl methyl sites for hydroxylation is 1. The minimum Gasteiger partial charge on any atom is -0.442 e. The first kappa shape index (κ1) is 24.4. The first-order valence-electron chi connectivity index (χ1n) is 9.43. The van der Waals surface area contributed by atoms with Crippen LogP contribution in [0.4, 0.5) is 13.6 Å². The van der Waals surface area contributed by atoms with Gasteiger partial charge in [0, 0.05) is 6.08 Å². The second kappa shape index (κ2) is 9.29. The van der Waals surface area contributed by atoms with Crippen LogP contribution in [0.5, 0.6) is 11.6 Å². The van der Waals surface area contributed by atoms with E-state index in [0.29, 0.717) is 0 Å². The van der Waals surface area contributed by atoms with Gasteiger partial charge in [-0.05, 0) is 63.1 Å². The number of carbonyl (C=O) groups excluding carboxylic acids is 1.